The van der Waals surface area contributed by atoms with E-state index in [0.29, 0.717) is 5.82 Å². The van der Waals surface area contributed by atoms with Gasteiger partial charge in [-0.1, -0.05) is 0 Å². The van der Waals surface area contributed by atoms with Crippen molar-refractivity contribution in [3.8, 4) is 0 Å². The van der Waals surface area contributed by atoms with Gasteiger partial charge in [0.2, 0.25) is 0 Å². The molecule has 1 N–H and O–H groups in total. The normalized spacial score (nSPS) is 10.8. The Kier molecular flexibility index (Phi) is 2.85. The van der Waals surface area contributed by atoms with Gasteiger partial charge in [0.1, 0.15) is 5.82 Å². The molecule has 0 aliphatic rings. The highest BCUT2D eigenvalue weighted by atomic mass is 16.2. The standard InChI is InChI=1S/C8H12N4O2/c1-4-9-12(3)6-5-7(13)11(2)8(14)10-6/h4-5H,1-3H3,(H,10,14)/b9-4+. The maximum absolute atomic E-state index is 11.2. The summed E-state index contributed by atoms with van der Waals surface area (Å²) in [6.45, 7) is 1.75. The topological polar surface area (TPSA) is 70.5 Å². The molecule has 1 aromatic heterocycles. The molecule has 1 heterocycles. The Balaban J connectivity index is 3.26. The van der Waals surface area contributed by atoms with Gasteiger partial charge in [-0.05, 0) is 6.92 Å². The maximum Gasteiger partial charge on any atom is 0.329 e. The van der Waals surface area contributed by atoms with Crippen LogP contribution in [0.15, 0.2) is 20.8 Å². The molecular weight excluding hydrogens is 184 g/mol. The van der Waals surface area contributed by atoms with Gasteiger partial charge in [-0.2, -0.15) is 5.10 Å². The molecule has 0 unspecified atom stereocenters. The van der Waals surface area contributed by atoms with Crippen molar-refractivity contribution in [2.24, 2.45) is 12.1 Å². The van der Waals surface area contributed by atoms with Crippen LogP contribution in [0.4, 0.5) is 5.82 Å². The van der Waals surface area contributed by atoms with Crippen LogP contribution in [0.5, 0.6) is 0 Å². The van der Waals surface area contributed by atoms with Gasteiger partial charge in [0.15, 0.2) is 0 Å². The number of aromatic amines is 1. The number of hydrogen-bond donors (Lipinski definition) is 1. The van der Waals surface area contributed by atoms with Crippen LogP contribution in [0.3, 0.4) is 0 Å². The van der Waals surface area contributed by atoms with E-state index in [4.69, 9.17) is 0 Å². The monoisotopic (exact) mass is 196 g/mol. The van der Waals surface area contributed by atoms with Crippen LogP contribution in [0.25, 0.3) is 0 Å². The lowest BCUT2D eigenvalue weighted by atomic mass is 10.5. The van der Waals surface area contributed by atoms with Crippen LogP contribution < -0.4 is 16.3 Å². The van der Waals surface area contributed by atoms with Gasteiger partial charge in [0.25, 0.3) is 5.56 Å². The largest absolute Gasteiger partial charge is 0.329 e. The minimum absolute atomic E-state index is 0.359. The van der Waals surface area contributed by atoms with Crippen molar-refractivity contribution in [1.29, 1.82) is 0 Å². The van der Waals surface area contributed by atoms with E-state index in [1.165, 1.54) is 18.1 Å². The fraction of sp³-hybridized carbons (Fsp3) is 0.375. The Labute approximate surface area is 80.5 Å². The fourth-order valence-corrected chi connectivity index (χ4v) is 0.953. The van der Waals surface area contributed by atoms with Crippen LogP contribution in [0.1, 0.15) is 6.92 Å². The number of aromatic nitrogens is 2. The lowest BCUT2D eigenvalue weighted by molar-refractivity contribution is 0.766. The zero-order valence-corrected chi connectivity index (χ0v) is 8.31. The molecule has 1 rings (SSSR count). The van der Waals surface area contributed by atoms with Gasteiger partial charge in [0, 0.05) is 26.4 Å². The van der Waals surface area contributed by atoms with E-state index in [2.05, 4.69) is 10.1 Å². The molecule has 76 valence electrons. The molecule has 0 bridgehead atoms. The minimum atomic E-state index is -0.453. The van der Waals surface area contributed by atoms with Crippen LogP contribution >= 0.6 is 0 Å². The van der Waals surface area contributed by atoms with Crippen LogP contribution in [0, 0.1) is 0 Å². The second-order valence-corrected chi connectivity index (χ2v) is 2.75. The summed E-state index contributed by atoms with van der Waals surface area (Å²) in [5, 5.41) is 5.32. The molecule has 1 aromatic rings. The molecule has 14 heavy (non-hydrogen) atoms. The predicted octanol–water partition coefficient (Wildman–Crippen LogP) is -0.484. The highest BCUT2D eigenvalue weighted by Crippen LogP contribution is 2.01. The smallest absolute Gasteiger partial charge is 0.292 e. The first kappa shape index (κ1) is 10.2. The highest BCUT2D eigenvalue weighted by Gasteiger charge is 2.03. The second-order valence-electron chi connectivity index (χ2n) is 2.75. The molecule has 0 radical (unpaired) electrons. The van der Waals surface area contributed by atoms with Crippen molar-refractivity contribution >= 4 is 12.0 Å². The number of nitrogens with zero attached hydrogens (tertiary/aromatic N) is 3. The fourth-order valence-electron chi connectivity index (χ4n) is 0.953. The summed E-state index contributed by atoms with van der Waals surface area (Å²) in [4.78, 5) is 25.0. The number of hydrogen-bond acceptors (Lipinski definition) is 4. The van der Waals surface area contributed by atoms with Crippen molar-refractivity contribution in [3.63, 3.8) is 0 Å². The third kappa shape index (κ3) is 1.90. The summed E-state index contributed by atoms with van der Waals surface area (Å²) in [7, 11) is 3.05. The maximum atomic E-state index is 11.2. The van der Waals surface area contributed by atoms with Gasteiger partial charge in [-0.15, -0.1) is 0 Å². The molecule has 6 nitrogen and oxygen atoms in total. The molecule has 0 aromatic carbocycles. The van der Waals surface area contributed by atoms with E-state index in [0.717, 1.165) is 4.57 Å². The predicted molar refractivity (Wildman–Crippen MR) is 54.9 cm³/mol. The third-order valence-corrected chi connectivity index (χ3v) is 1.77. The number of anilines is 1. The number of rotatable bonds is 2. The molecule has 0 amide bonds. The average Bonchev–Trinajstić information content (AvgIpc) is 2.13. The average molecular weight is 196 g/mol. The number of nitrogens with one attached hydrogen (secondary N) is 1. The molecule has 0 spiro atoms. The van der Waals surface area contributed by atoms with Crippen molar-refractivity contribution in [3.05, 3.63) is 26.9 Å². The molecule has 6 heteroatoms. The van der Waals surface area contributed by atoms with E-state index >= 15 is 0 Å². The highest BCUT2D eigenvalue weighted by molar-refractivity contribution is 5.55. The van der Waals surface area contributed by atoms with E-state index < -0.39 is 5.69 Å². The first-order valence-electron chi connectivity index (χ1n) is 4.09. The first-order chi connectivity index (χ1) is 6.56. The zero-order chi connectivity index (χ0) is 10.7. The van der Waals surface area contributed by atoms with E-state index in [1.54, 1.807) is 20.2 Å². The molecule has 0 aliphatic heterocycles. The summed E-state index contributed by atoms with van der Waals surface area (Å²) < 4.78 is 0.993. The zero-order valence-electron chi connectivity index (χ0n) is 8.31. The summed E-state index contributed by atoms with van der Waals surface area (Å²) in [6.07, 6.45) is 1.57. The summed E-state index contributed by atoms with van der Waals surface area (Å²) in [5.41, 5.74) is -0.812. The van der Waals surface area contributed by atoms with Crippen LogP contribution in [0.2, 0.25) is 0 Å². The Morgan fingerprint density at radius 1 is 1.57 bits per heavy atom. The molecule has 0 saturated carbocycles. The molecule has 0 fully saturated rings. The van der Waals surface area contributed by atoms with Gasteiger partial charge in [0.05, 0.1) is 0 Å². The van der Waals surface area contributed by atoms with Gasteiger partial charge in [-0.3, -0.25) is 19.4 Å². The SMILES string of the molecule is C/C=N/N(C)c1cc(=O)n(C)c(=O)[nH]1. The lowest BCUT2D eigenvalue weighted by Crippen LogP contribution is -2.33. The summed E-state index contributed by atoms with van der Waals surface area (Å²) in [6, 6.07) is 1.31. The van der Waals surface area contributed by atoms with Crippen LogP contribution in [-0.4, -0.2) is 22.8 Å². The van der Waals surface area contributed by atoms with Crippen molar-refractivity contribution in [1.82, 2.24) is 9.55 Å². The number of hydrazone groups is 1. The Hall–Kier alpha value is -1.85. The Bertz CT molecular complexity index is 426. The van der Waals surface area contributed by atoms with Crippen molar-refractivity contribution < 1.29 is 0 Å². The van der Waals surface area contributed by atoms with E-state index in [1.807, 2.05) is 0 Å². The second kappa shape index (κ2) is 3.91. The summed E-state index contributed by atoms with van der Waals surface area (Å²) in [5.74, 6) is 0.371. The third-order valence-electron chi connectivity index (χ3n) is 1.77. The Morgan fingerprint density at radius 3 is 2.71 bits per heavy atom. The van der Waals surface area contributed by atoms with E-state index in [9.17, 15) is 9.59 Å². The lowest BCUT2D eigenvalue weighted by Gasteiger charge is -2.11. The summed E-state index contributed by atoms with van der Waals surface area (Å²) >= 11 is 0. The van der Waals surface area contributed by atoms with Gasteiger partial charge in [-0.25, -0.2) is 4.79 Å². The van der Waals surface area contributed by atoms with Gasteiger partial charge >= 0.3 is 5.69 Å². The van der Waals surface area contributed by atoms with Crippen LogP contribution in [-0.2, 0) is 7.05 Å². The molecule has 0 atom stereocenters. The molecular formula is C8H12N4O2. The minimum Gasteiger partial charge on any atom is -0.292 e. The van der Waals surface area contributed by atoms with Crippen molar-refractivity contribution in [2.45, 2.75) is 6.92 Å². The quantitative estimate of drug-likeness (QED) is 0.512. The number of H-pyrrole nitrogens is 1. The first-order valence-corrected chi connectivity index (χ1v) is 4.09. The van der Waals surface area contributed by atoms with Crippen molar-refractivity contribution in [2.75, 3.05) is 12.1 Å². The Morgan fingerprint density at radius 2 is 2.21 bits per heavy atom. The van der Waals surface area contributed by atoms with E-state index in [-0.39, 0.29) is 5.56 Å². The molecule has 0 saturated heterocycles. The molecule has 0 aliphatic carbocycles. The van der Waals surface area contributed by atoms with Gasteiger partial charge < -0.3 is 0 Å².